The lowest BCUT2D eigenvalue weighted by atomic mass is 9.89. The minimum atomic E-state index is -0.395. The number of carbonyl (C=O) groups excluding carboxylic acids is 2. The first-order valence-corrected chi connectivity index (χ1v) is 11.5. The smallest absolute Gasteiger partial charge is 0.253 e. The van der Waals surface area contributed by atoms with Crippen molar-refractivity contribution in [2.45, 2.75) is 18.8 Å². The monoisotopic (exact) mass is 459 g/mol. The van der Waals surface area contributed by atoms with Crippen LogP contribution in [0.15, 0.2) is 67.0 Å². The molecule has 34 heavy (non-hydrogen) atoms. The molecule has 7 nitrogen and oxygen atoms in total. The third-order valence-electron chi connectivity index (χ3n) is 6.69. The number of aromatic nitrogens is 2. The van der Waals surface area contributed by atoms with Crippen LogP contribution in [0, 0.1) is 11.7 Å². The minimum Gasteiger partial charge on any atom is -0.368 e. The van der Waals surface area contributed by atoms with Gasteiger partial charge in [0.1, 0.15) is 5.82 Å². The van der Waals surface area contributed by atoms with Crippen molar-refractivity contribution in [3.63, 3.8) is 0 Å². The first-order chi connectivity index (χ1) is 16.6. The second-order valence-electron chi connectivity index (χ2n) is 8.89. The molecule has 8 heteroatoms. The predicted molar refractivity (Wildman–Crippen MR) is 127 cm³/mol. The van der Waals surface area contributed by atoms with Gasteiger partial charge in [-0.3, -0.25) is 9.59 Å². The molecule has 0 aliphatic carbocycles. The van der Waals surface area contributed by atoms with Crippen LogP contribution in [0.3, 0.4) is 0 Å². The number of carbonyl (C=O) groups is 2. The van der Waals surface area contributed by atoms with Crippen molar-refractivity contribution >= 4 is 23.2 Å². The van der Waals surface area contributed by atoms with E-state index in [1.165, 1.54) is 17.7 Å². The maximum Gasteiger partial charge on any atom is 0.253 e. The molecule has 0 radical (unpaired) electrons. The van der Waals surface area contributed by atoms with Crippen LogP contribution in [-0.4, -0.2) is 53.1 Å². The molecule has 2 aromatic carbocycles. The molecule has 2 fully saturated rings. The molecule has 1 aromatic heterocycles. The molecular weight excluding hydrogens is 433 g/mol. The minimum absolute atomic E-state index is 0.0233. The number of hydrogen-bond donors (Lipinski definition) is 1. The maximum atomic E-state index is 13.4. The van der Waals surface area contributed by atoms with Gasteiger partial charge in [-0.25, -0.2) is 4.39 Å². The number of nitrogens with one attached hydrogen (secondary N) is 1. The number of likely N-dealkylation sites (tertiary alicyclic amines) is 1. The zero-order valence-electron chi connectivity index (χ0n) is 18.7. The number of benzene rings is 2. The third kappa shape index (κ3) is 4.76. The highest BCUT2D eigenvalue weighted by Gasteiger charge is 2.33. The molecule has 0 atom stereocenters. The van der Waals surface area contributed by atoms with Crippen molar-refractivity contribution in [1.29, 1.82) is 0 Å². The Morgan fingerprint density at radius 3 is 2.41 bits per heavy atom. The van der Waals surface area contributed by atoms with Gasteiger partial charge in [-0.15, -0.1) is 0 Å². The Morgan fingerprint density at radius 2 is 1.74 bits per heavy atom. The normalized spacial score (nSPS) is 16.7. The molecule has 5 rings (SSSR count). The van der Waals surface area contributed by atoms with Crippen molar-refractivity contribution in [1.82, 2.24) is 15.1 Å². The lowest BCUT2D eigenvalue weighted by molar-refractivity contribution is -0.120. The van der Waals surface area contributed by atoms with Gasteiger partial charge in [0.05, 0.1) is 24.0 Å². The fraction of sp³-hybridized carbons (Fsp3) is 0.308. The van der Waals surface area contributed by atoms with Crippen LogP contribution in [0.1, 0.15) is 34.7 Å². The number of hydrogen-bond acceptors (Lipinski definition) is 5. The fourth-order valence-electron chi connectivity index (χ4n) is 4.63. The van der Waals surface area contributed by atoms with Crippen molar-refractivity contribution in [3.05, 3.63) is 83.9 Å². The summed E-state index contributed by atoms with van der Waals surface area (Å²) in [6.07, 6.45) is 5.06. The van der Waals surface area contributed by atoms with Crippen LogP contribution in [-0.2, 0) is 4.79 Å². The standard InChI is InChI=1S/C26H26FN5O2/c27-22-3-1-2-20(14-22)26(34)31-12-9-19(10-13-31)18-4-6-23(7-5-18)30-25(33)21-16-32(17-21)24-8-11-28-29-15-24/h1-8,11,14-15,19,21H,9-10,12-13,16-17H2,(H,30,33). The lowest BCUT2D eigenvalue weighted by Crippen LogP contribution is -2.52. The Morgan fingerprint density at radius 1 is 0.971 bits per heavy atom. The van der Waals surface area contributed by atoms with Crippen molar-refractivity contribution in [2.75, 3.05) is 36.4 Å². The van der Waals surface area contributed by atoms with Crippen molar-refractivity contribution < 1.29 is 14.0 Å². The molecule has 0 bridgehead atoms. The molecule has 0 unspecified atom stereocenters. The molecule has 2 saturated heterocycles. The summed E-state index contributed by atoms with van der Waals surface area (Å²) in [6, 6.07) is 15.7. The molecule has 1 N–H and O–H groups in total. The molecule has 3 heterocycles. The largest absolute Gasteiger partial charge is 0.368 e. The Balaban J connectivity index is 1.10. The second kappa shape index (κ2) is 9.59. The topological polar surface area (TPSA) is 78.4 Å². The van der Waals surface area contributed by atoms with E-state index < -0.39 is 5.82 Å². The summed E-state index contributed by atoms with van der Waals surface area (Å²) in [4.78, 5) is 29.1. The Bertz CT molecular complexity index is 1160. The van der Waals surface area contributed by atoms with E-state index >= 15 is 0 Å². The van der Waals surface area contributed by atoms with E-state index in [1.807, 2.05) is 18.2 Å². The van der Waals surface area contributed by atoms with Gasteiger partial charge in [0.25, 0.3) is 5.91 Å². The zero-order chi connectivity index (χ0) is 23.5. The van der Waals surface area contributed by atoms with Gasteiger partial charge in [-0.2, -0.15) is 10.2 Å². The molecular formula is C26H26FN5O2. The van der Waals surface area contributed by atoms with Gasteiger partial charge in [-0.05, 0) is 60.7 Å². The lowest BCUT2D eigenvalue weighted by Gasteiger charge is -2.39. The Labute approximate surface area is 197 Å². The average molecular weight is 460 g/mol. The van der Waals surface area contributed by atoms with Crippen LogP contribution in [0.25, 0.3) is 0 Å². The van der Waals surface area contributed by atoms with Gasteiger partial charge in [0, 0.05) is 37.4 Å². The van der Waals surface area contributed by atoms with Gasteiger partial charge < -0.3 is 15.1 Å². The number of nitrogens with zero attached hydrogens (tertiary/aromatic N) is 4. The summed E-state index contributed by atoms with van der Waals surface area (Å²) >= 11 is 0. The van der Waals surface area contributed by atoms with Crippen LogP contribution >= 0.6 is 0 Å². The van der Waals surface area contributed by atoms with E-state index in [1.54, 1.807) is 29.4 Å². The first kappa shape index (κ1) is 22.0. The van der Waals surface area contributed by atoms with E-state index in [-0.39, 0.29) is 17.7 Å². The zero-order valence-corrected chi connectivity index (χ0v) is 18.7. The Kier molecular flexibility index (Phi) is 6.20. The molecule has 0 saturated carbocycles. The molecule has 0 spiro atoms. The highest BCUT2D eigenvalue weighted by atomic mass is 19.1. The highest BCUT2D eigenvalue weighted by Crippen LogP contribution is 2.30. The quantitative estimate of drug-likeness (QED) is 0.629. The summed E-state index contributed by atoms with van der Waals surface area (Å²) in [5, 5.41) is 10.7. The molecule has 2 amide bonds. The fourth-order valence-corrected chi connectivity index (χ4v) is 4.63. The van der Waals surface area contributed by atoms with E-state index in [4.69, 9.17) is 0 Å². The van der Waals surface area contributed by atoms with Gasteiger partial charge in [0.2, 0.25) is 5.91 Å². The van der Waals surface area contributed by atoms with E-state index in [2.05, 4.69) is 32.5 Å². The van der Waals surface area contributed by atoms with Gasteiger partial charge in [-0.1, -0.05) is 18.2 Å². The first-order valence-electron chi connectivity index (χ1n) is 11.5. The number of anilines is 2. The maximum absolute atomic E-state index is 13.4. The van der Waals surface area contributed by atoms with Gasteiger partial charge in [0.15, 0.2) is 0 Å². The molecule has 2 aliphatic rings. The van der Waals surface area contributed by atoms with E-state index in [9.17, 15) is 14.0 Å². The number of halogens is 1. The molecule has 3 aromatic rings. The number of piperidine rings is 1. The van der Waals surface area contributed by atoms with Crippen LogP contribution in [0.5, 0.6) is 0 Å². The summed E-state index contributed by atoms with van der Waals surface area (Å²) in [5.74, 6) is -0.183. The predicted octanol–water partition coefficient (Wildman–Crippen LogP) is 3.71. The molecule has 2 aliphatic heterocycles. The summed E-state index contributed by atoms with van der Waals surface area (Å²) in [6.45, 7) is 2.62. The summed E-state index contributed by atoms with van der Waals surface area (Å²) in [5.41, 5.74) is 3.37. The van der Waals surface area contributed by atoms with E-state index in [0.717, 1.165) is 24.2 Å². The second-order valence-corrected chi connectivity index (χ2v) is 8.89. The Hall–Kier alpha value is -3.81. The van der Waals surface area contributed by atoms with Crippen LogP contribution in [0.2, 0.25) is 0 Å². The average Bonchev–Trinajstić information content (AvgIpc) is 2.84. The van der Waals surface area contributed by atoms with Gasteiger partial charge >= 0.3 is 0 Å². The molecule has 174 valence electrons. The third-order valence-corrected chi connectivity index (χ3v) is 6.69. The summed E-state index contributed by atoms with van der Waals surface area (Å²) in [7, 11) is 0. The number of amides is 2. The van der Waals surface area contributed by atoms with Crippen molar-refractivity contribution in [3.8, 4) is 0 Å². The SMILES string of the molecule is O=C(Nc1ccc(C2CCN(C(=O)c3cccc(F)c3)CC2)cc1)C1CN(c2ccnnc2)C1. The highest BCUT2D eigenvalue weighted by molar-refractivity contribution is 5.95. The van der Waals surface area contributed by atoms with Crippen molar-refractivity contribution in [2.24, 2.45) is 5.92 Å². The summed E-state index contributed by atoms with van der Waals surface area (Å²) < 4.78 is 13.4. The van der Waals surface area contributed by atoms with Crippen LogP contribution in [0.4, 0.5) is 15.8 Å². The van der Waals surface area contributed by atoms with Crippen LogP contribution < -0.4 is 10.2 Å². The van der Waals surface area contributed by atoms with E-state index in [0.29, 0.717) is 37.7 Å². The number of rotatable bonds is 5.